The third-order valence-electron chi connectivity index (χ3n) is 4.47. The average Bonchev–Trinajstić information content (AvgIpc) is 3.10. The molecule has 0 bridgehead atoms. The summed E-state index contributed by atoms with van der Waals surface area (Å²) in [6.45, 7) is 3.38. The number of hydrogen-bond acceptors (Lipinski definition) is 2. The number of aryl methyl sites for hydroxylation is 1. The Kier molecular flexibility index (Phi) is 6.21. The minimum Gasteiger partial charge on any atom is -0.324 e. The second-order valence-corrected chi connectivity index (χ2v) is 7.39. The van der Waals surface area contributed by atoms with Crippen molar-refractivity contribution in [2.24, 2.45) is 0 Å². The number of nitrogens with zero attached hydrogens (tertiary/aromatic N) is 1. The molecule has 1 aliphatic heterocycles. The summed E-state index contributed by atoms with van der Waals surface area (Å²) in [6.07, 6.45) is 3.58. The molecule has 2 aromatic carbocycles. The molecule has 25 heavy (non-hydrogen) atoms. The summed E-state index contributed by atoms with van der Waals surface area (Å²) in [6, 6.07) is 13.1. The summed E-state index contributed by atoms with van der Waals surface area (Å²) in [5.41, 5.74) is 2.65. The van der Waals surface area contributed by atoms with Crippen molar-refractivity contribution < 1.29 is 9.18 Å². The number of carbonyl (C=O) groups excluding carboxylic acids is 1. The number of hydrogen-bond donors (Lipinski definition) is 1. The predicted molar refractivity (Wildman–Crippen MR) is 102 cm³/mol. The Labute approximate surface area is 156 Å². The van der Waals surface area contributed by atoms with E-state index in [-0.39, 0.29) is 11.6 Å². The predicted octanol–water partition coefficient (Wildman–Crippen LogP) is 4.76. The lowest BCUT2D eigenvalue weighted by molar-refractivity contribution is -0.116. The number of anilines is 1. The highest BCUT2D eigenvalue weighted by atomic mass is 79.9. The average molecular weight is 405 g/mol. The Bertz CT molecular complexity index is 727. The largest absolute Gasteiger partial charge is 0.324 e. The normalized spacial score (nSPS) is 14.6. The molecule has 0 unspecified atom stereocenters. The Balaban J connectivity index is 1.48. The Morgan fingerprint density at radius 2 is 1.76 bits per heavy atom. The summed E-state index contributed by atoms with van der Waals surface area (Å²) in [7, 11) is 0. The van der Waals surface area contributed by atoms with Gasteiger partial charge >= 0.3 is 0 Å². The lowest BCUT2D eigenvalue weighted by atomic mass is 10.1. The van der Waals surface area contributed by atoms with Crippen LogP contribution in [0.3, 0.4) is 0 Å². The molecule has 0 atom stereocenters. The van der Waals surface area contributed by atoms with Gasteiger partial charge in [-0.05, 0) is 61.7 Å². The van der Waals surface area contributed by atoms with Gasteiger partial charge in [0.05, 0.1) is 5.69 Å². The van der Waals surface area contributed by atoms with Crippen LogP contribution in [-0.4, -0.2) is 23.9 Å². The fourth-order valence-corrected chi connectivity index (χ4v) is 3.40. The molecular formula is C20H22BrFN2O. The highest BCUT2D eigenvalue weighted by Crippen LogP contribution is 2.20. The standard InChI is InChI=1S/C20H22BrFN2O/c21-17-8-9-19(18(22)13-17)23-20(25)10-7-15-3-5-16(6-4-15)14-24-11-1-2-12-24/h3-6,8-9,13H,1-2,7,10-12,14H2,(H,23,25). The van der Waals surface area contributed by atoms with Crippen molar-refractivity contribution >= 4 is 27.5 Å². The monoisotopic (exact) mass is 404 g/mol. The molecular weight excluding hydrogens is 383 g/mol. The number of likely N-dealkylation sites (tertiary alicyclic amines) is 1. The first-order valence-electron chi connectivity index (χ1n) is 8.65. The first-order valence-corrected chi connectivity index (χ1v) is 9.44. The Morgan fingerprint density at radius 1 is 1.08 bits per heavy atom. The Morgan fingerprint density at radius 3 is 2.44 bits per heavy atom. The van der Waals surface area contributed by atoms with E-state index in [0.29, 0.717) is 17.3 Å². The van der Waals surface area contributed by atoms with Crippen LogP contribution < -0.4 is 5.32 Å². The summed E-state index contributed by atoms with van der Waals surface area (Å²) < 4.78 is 14.4. The molecule has 1 N–H and O–H groups in total. The van der Waals surface area contributed by atoms with Crippen LogP contribution in [0.1, 0.15) is 30.4 Å². The minimum absolute atomic E-state index is 0.178. The second kappa shape index (κ2) is 8.59. The molecule has 2 aromatic rings. The molecule has 3 nitrogen and oxygen atoms in total. The smallest absolute Gasteiger partial charge is 0.224 e. The van der Waals surface area contributed by atoms with Gasteiger partial charge in [0.1, 0.15) is 5.82 Å². The molecule has 3 rings (SSSR count). The van der Waals surface area contributed by atoms with E-state index in [0.717, 1.165) is 12.1 Å². The van der Waals surface area contributed by atoms with Crippen LogP contribution in [-0.2, 0) is 17.8 Å². The number of halogens is 2. The maximum atomic E-state index is 13.7. The Hall–Kier alpha value is -1.72. The van der Waals surface area contributed by atoms with Crippen molar-refractivity contribution in [3.05, 3.63) is 63.9 Å². The maximum Gasteiger partial charge on any atom is 0.224 e. The van der Waals surface area contributed by atoms with Gasteiger partial charge in [-0.15, -0.1) is 0 Å². The molecule has 0 aromatic heterocycles. The van der Waals surface area contributed by atoms with Gasteiger partial charge < -0.3 is 5.32 Å². The lowest BCUT2D eigenvalue weighted by Crippen LogP contribution is -2.18. The van der Waals surface area contributed by atoms with E-state index in [1.54, 1.807) is 12.1 Å². The van der Waals surface area contributed by atoms with Crippen molar-refractivity contribution in [1.82, 2.24) is 4.90 Å². The fraction of sp³-hybridized carbons (Fsp3) is 0.350. The molecule has 0 aliphatic carbocycles. The van der Waals surface area contributed by atoms with Crippen molar-refractivity contribution in [2.45, 2.75) is 32.2 Å². The highest BCUT2D eigenvalue weighted by molar-refractivity contribution is 9.10. The van der Waals surface area contributed by atoms with Crippen LogP contribution in [0.15, 0.2) is 46.9 Å². The third-order valence-corrected chi connectivity index (χ3v) is 4.97. The zero-order chi connectivity index (χ0) is 17.6. The van der Waals surface area contributed by atoms with Gasteiger partial charge in [0.25, 0.3) is 0 Å². The number of carbonyl (C=O) groups is 1. The van der Waals surface area contributed by atoms with Crippen LogP contribution in [0.2, 0.25) is 0 Å². The molecule has 0 radical (unpaired) electrons. The molecule has 5 heteroatoms. The SMILES string of the molecule is O=C(CCc1ccc(CN2CCCC2)cc1)Nc1ccc(Br)cc1F. The lowest BCUT2D eigenvalue weighted by Gasteiger charge is -2.14. The van der Waals surface area contributed by atoms with Crippen LogP contribution in [0.25, 0.3) is 0 Å². The summed E-state index contributed by atoms with van der Waals surface area (Å²) >= 11 is 3.20. The molecule has 0 saturated carbocycles. The quantitative estimate of drug-likeness (QED) is 0.752. The zero-order valence-corrected chi connectivity index (χ0v) is 15.7. The van der Waals surface area contributed by atoms with Crippen molar-refractivity contribution in [3.63, 3.8) is 0 Å². The van der Waals surface area contributed by atoms with Gasteiger partial charge in [-0.1, -0.05) is 40.2 Å². The van der Waals surface area contributed by atoms with Gasteiger partial charge in [-0.2, -0.15) is 0 Å². The number of nitrogens with one attached hydrogen (secondary N) is 1. The van der Waals surface area contributed by atoms with Gasteiger partial charge in [0, 0.05) is 17.4 Å². The number of rotatable bonds is 6. The van der Waals surface area contributed by atoms with Crippen LogP contribution in [0.4, 0.5) is 10.1 Å². The zero-order valence-electron chi connectivity index (χ0n) is 14.1. The van der Waals surface area contributed by atoms with Crippen molar-refractivity contribution in [3.8, 4) is 0 Å². The molecule has 1 heterocycles. The highest BCUT2D eigenvalue weighted by Gasteiger charge is 2.12. The molecule has 0 spiro atoms. The number of amides is 1. The molecule has 1 fully saturated rings. The summed E-state index contributed by atoms with van der Waals surface area (Å²) in [5, 5.41) is 2.63. The van der Waals surface area contributed by atoms with E-state index in [9.17, 15) is 9.18 Å². The molecule has 1 amide bonds. The summed E-state index contributed by atoms with van der Waals surface area (Å²) in [5.74, 6) is -0.614. The number of benzene rings is 2. The molecule has 1 saturated heterocycles. The van der Waals surface area contributed by atoms with E-state index >= 15 is 0 Å². The van der Waals surface area contributed by atoms with Crippen LogP contribution in [0.5, 0.6) is 0 Å². The maximum absolute atomic E-state index is 13.7. The van der Waals surface area contributed by atoms with E-state index in [4.69, 9.17) is 0 Å². The van der Waals surface area contributed by atoms with Crippen molar-refractivity contribution in [2.75, 3.05) is 18.4 Å². The molecule has 132 valence electrons. The first-order chi connectivity index (χ1) is 12.1. The van der Waals surface area contributed by atoms with Crippen molar-refractivity contribution in [1.29, 1.82) is 0 Å². The first kappa shape index (κ1) is 18.1. The van der Waals surface area contributed by atoms with Gasteiger partial charge in [0.2, 0.25) is 5.91 Å². The fourth-order valence-electron chi connectivity index (χ4n) is 3.07. The van der Waals surface area contributed by atoms with E-state index in [1.807, 2.05) is 0 Å². The van der Waals surface area contributed by atoms with Gasteiger partial charge in [-0.3, -0.25) is 9.69 Å². The third kappa shape index (κ3) is 5.38. The van der Waals surface area contributed by atoms with E-state index < -0.39 is 5.82 Å². The van der Waals surface area contributed by atoms with Gasteiger partial charge in [-0.25, -0.2) is 4.39 Å². The topological polar surface area (TPSA) is 32.3 Å². The van der Waals surface area contributed by atoms with E-state index in [1.165, 1.54) is 37.6 Å². The van der Waals surface area contributed by atoms with Gasteiger partial charge in [0.15, 0.2) is 0 Å². The van der Waals surface area contributed by atoms with E-state index in [2.05, 4.69) is 50.4 Å². The summed E-state index contributed by atoms with van der Waals surface area (Å²) in [4.78, 5) is 14.5. The molecule has 1 aliphatic rings. The minimum atomic E-state index is -0.436. The second-order valence-electron chi connectivity index (χ2n) is 6.47. The van der Waals surface area contributed by atoms with Crippen LogP contribution >= 0.6 is 15.9 Å². The van der Waals surface area contributed by atoms with Crippen LogP contribution in [0, 0.1) is 5.82 Å².